The van der Waals surface area contributed by atoms with Gasteiger partial charge in [0.2, 0.25) is 0 Å². The first-order valence-electron chi connectivity index (χ1n) is 18.4. The number of phosphoric acid groups is 1. The lowest BCUT2D eigenvalue weighted by Crippen LogP contribution is -2.29. The molecule has 0 rings (SSSR count). The highest BCUT2D eigenvalue weighted by Crippen LogP contribution is 2.43. The molecule has 0 aromatic heterocycles. The minimum atomic E-state index is -4.61. The van der Waals surface area contributed by atoms with Crippen molar-refractivity contribution >= 4 is 19.8 Å². The van der Waals surface area contributed by atoms with E-state index >= 15 is 0 Å². The number of aliphatic hydroxyl groups is 2. The molecule has 0 aromatic rings. The summed E-state index contributed by atoms with van der Waals surface area (Å²) >= 11 is 0. The van der Waals surface area contributed by atoms with Gasteiger partial charge in [0.15, 0.2) is 6.10 Å². The van der Waals surface area contributed by atoms with Gasteiger partial charge in [-0.25, -0.2) is 4.57 Å². The van der Waals surface area contributed by atoms with Gasteiger partial charge in [0.1, 0.15) is 12.7 Å². The van der Waals surface area contributed by atoms with E-state index in [2.05, 4.69) is 54.8 Å². The molecule has 0 aliphatic rings. The maximum Gasteiger partial charge on any atom is 0.472 e. The Morgan fingerprint density at radius 1 is 0.625 bits per heavy atom. The predicted molar refractivity (Wildman–Crippen MR) is 191 cm³/mol. The van der Waals surface area contributed by atoms with Crippen LogP contribution in [-0.4, -0.2) is 65.7 Å². The van der Waals surface area contributed by atoms with Crippen LogP contribution >= 0.6 is 7.82 Å². The van der Waals surface area contributed by atoms with Crippen LogP contribution in [0.15, 0.2) is 36.5 Å². The number of phosphoric ester groups is 1. The molecule has 280 valence electrons. The third kappa shape index (κ3) is 32.7. The van der Waals surface area contributed by atoms with E-state index in [1.54, 1.807) is 0 Å². The van der Waals surface area contributed by atoms with E-state index in [1.807, 2.05) is 0 Å². The fourth-order valence-corrected chi connectivity index (χ4v) is 5.37. The van der Waals surface area contributed by atoms with Crippen LogP contribution in [0.4, 0.5) is 0 Å². The van der Waals surface area contributed by atoms with Gasteiger partial charge < -0.3 is 24.6 Å². The Morgan fingerprint density at radius 3 is 1.62 bits per heavy atom. The zero-order valence-electron chi connectivity index (χ0n) is 29.9. The van der Waals surface area contributed by atoms with Crippen molar-refractivity contribution in [1.82, 2.24) is 0 Å². The smallest absolute Gasteiger partial charge is 0.462 e. The number of aliphatic hydroxyl groups excluding tert-OH is 2. The Kier molecular flexibility index (Phi) is 32.4. The van der Waals surface area contributed by atoms with Gasteiger partial charge in [0.05, 0.1) is 19.8 Å². The highest BCUT2D eigenvalue weighted by atomic mass is 31.2. The Balaban J connectivity index is 4.42. The molecule has 0 aliphatic heterocycles. The number of rotatable bonds is 34. The molecule has 0 radical (unpaired) electrons. The number of carbonyl (C=O) groups is 2. The second-order valence-corrected chi connectivity index (χ2v) is 13.7. The lowest BCUT2D eigenvalue weighted by atomic mass is 10.1. The Hall–Kier alpha value is -1.81. The van der Waals surface area contributed by atoms with E-state index in [0.29, 0.717) is 12.8 Å². The van der Waals surface area contributed by atoms with Gasteiger partial charge in [0, 0.05) is 12.8 Å². The van der Waals surface area contributed by atoms with E-state index < -0.39 is 51.8 Å². The average molecular weight is 703 g/mol. The summed E-state index contributed by atoms with van der Waals surface area (Å²) in [7, 11) is -4.61. The maximum atomic E-state index is 12.5. The SMILES string of the molecule is CCCC/C=C\C/C=C\CCCCCCCC(=O)OC[C@H](COP(=O)(O)OC[C@@H](O)CO)OC(=O)CCCCCCC/C=C\CCCC. The molecule has 0 heterocycles. The van der Waals surface area contributed by atoms with Crippen molar-refractivity contribution in [3.63, 3.8) is 0 Å². The standard InChI is InChI=1S/C37H67O10P/c1-3-5-7-9-11-13-15-16-17-19-20-22-24-26-28-36(40)44-32-35(33-46-48(42,43)45-31-34(39)30-38)47-37(41)29-27-25-23-21-18-14-12-10-8-6-4-2/h9-12,15-16,34-35,38-39H,3-8,13-14,17-33H2,1-2H3,(H,42,43)/b11-9-,12-10-,16-15-/t34-,35+/m0/s1. The summed E-state index contributed by atoms with van der Waals surface area (Å²) in [4.78, 5) is 34.7. The van der Waals surface area contributed by atoms with E-state index in [9.17, 15) is 24.2 Å². The first-order chi connectivity index (χ1) is 23.2. The molecular weight excluding hydrogens is 635 g/mol. The number of hydrogen-bond donors (Lipinski definition) is 3. The maximum absolute atomic E-state index is 12.5. The van der Waals surface area contributed by atoms with Gasteiger partial charge in [0.25, 0.3) is 0 Å². The van der Waals surface area contributed by atoms with E-state index in [4.69, 9.17) is 19.1 Å². The highest BCUT2D eigenvalue weighted by molar-refractivity contribution is 7.47. The molecule has 11 heteroatoms. The predicted octanol–water partition coefficient (Wildman–Crippen LogP) is 8.83. The van der Waals surface area contributed by atoms with E-state index in [-0.39, 0.29) is 19.4 Å². The summed E-state index contributed by atoms with van der Waals surface area (Å²) < 4.78 is 32.5. The average Bonchev–Trinajstić information content (AvgIpc) is 3.07. The topological polar surface area (TPSA) is 149 Å². The van der Waals surface area contributed by atoms with Gasteiger partial charge in [-0.2, -0.15) is 0 Å². The normalized spacial score (nSPS) is 14.5. The molecule has 3 N–H and O–H groups in total. The Labute approximate surface area is 291 Å². The summed E-state index contributed by atoms with van der Waals surface area (Å²) in [5.74, 6) is -0.957. The second-order valence-electron chi connectivity index (χ2n) is 12.2. The van der Waals surface area contributed by atoms with Crippen molar-refractivity contribution in [2.24, 2.45) is 0 Å². The van der Waals surface area contributed by atoms with Crippen molar-refractivity contribution in [3.8, 4) is 0 Å². The van der Waals surface area contributed by atoms with Crippen LogP contribution in [0, 0.1) is 0 Å². The fourth-order valence-electron chi connectivity index (χ4n) is 4.58. The fraction of sp³-hybridized carbons (Fsp3) is 0.784. The third-order valence-corrected chi connectivity index (χ3v) is 8.47. The van der Waals surface area contributed by atoms with Gasteiger partial charge in [-0.1, -0.05) is 115 Å². The molecule has 0 bridgehead atoms. The van der Waals surface area contributed by atoms with E-state index in [1.165, 1.54) is 25.7 Å². The lowest BCUT2D eigenvalue weighted by molar-refractivity contribution is -0.161. The van der Waals surface area contributed by atoms with Gasteiger partial charge in [-0.05, 0) is 57.8 Å². The van der Waals surface area contributed by atoms with Crippen LogP contribution in [0.25, 0.3) is 0 Å². The number of esters is 2. The lowest BCUT2D eigenvalue weighted by Gasteiger charge is -2.20. The van der Waals surface area contributed by atoms with Crippen LogP contribution in [0.5, 0.6) is 0 Å². The number of ether oxygens (including phenoxy) is 2. The largest absolute Gasteiger partial charge is 0.472 e. The highest BCUT2D eigenvalue weighted by Gasteiger charge is 2.27. The minimum absolute atomic E-state index is 0.170. The molecular formula is C37H67O10P. The monoisotopic (exact) mass is 702 g/mol. The van der Waals surface area contributed by atoms with Crippen molar-refractivity contribution < 1.29 is 47.8 Å². The zero-order chi connectivity index (χ0) is 35.6. The van der Waals surface area contributed by atoms with Gasteiger partial charge in [-0.3, -0.25) is 18.6 Å². The molecule has 0 amide bonds. The summed E-state index contributed by atoms with van der Waals surface area (Å²) in [5.41, 5.74) is 0. The van der Waals surface area contributed by atoms with Gasteiger partial charge in [-0.15, -0.1) is 0 Å². The van der Waals surface area contributed by atoms with E-state index in [0.717, 1.165) is 83.5 Å². The summed E-state index contributed by atoms with van der Waals surface area (Å²) in [6.07, 6.45) is 31.2. The molecule has 48 heavy (non-hydrogen) atoms. The molecule has 0 saturated carbocycles. The molecule has 0 aliphatic carbocycles. The molecule has 1 unspecified atom stereocenters. The second kappa shape index (κ2) is 33.7. The van der Waals surface area contributed by atoms with Crippen molar-refractivity contribution in [1.29, 1.82) is 0 Å². The molecule has 0 fully saturated rings. The van der Waals surface area contributed by atoms with Crippen LogP contribution in [0.1, 0.15) is 149 Å². The summed E-state index contributed by atoms with van der Waals surface area (Å²) in [6.45, 7) is 2.24. The molecule has 10 nitrogen and oxygen atoms in total. The van der Waals surface area contributed by atoms with Crippen LogP contribution in [0.3, 0.4) is 0 Å². The number of allylic oxidation sites excluding steroid dienone is 6. The quantitative estimate of drug-likeness (QED) is 0.0257. The third-order valence-electron chi connectivity index (χ3n) is 7.52. The summed E-state index contributed by atoms with van der Waals surface area (Å²) in [5, 5.41) is 18.2. The molecule has 0 spiro atoms. The minimum Gasteiger partial charge on any atom is -0.462 e. The van der Waals surface area contributed by atoms with Crippen molar-refractivity contribution in [2.75, 3.05) is 26.4 Å². The first kappa shape index (κ1) is 46.2. The Morgan fingerprint density at radius 2 is 1.08 bits per heavy atom. The molecule has 3 atom stereocenters. The van der Waals surface area contributed by atoms with Crippen LogP contribution in [0.2, 0.25) is 0 Å². The number of carbonyl (C=O) groups excluding carboxylic acids is 2. The van der Waals surface area contributed by atoms with Crippen LogP contribution in [-0.2, 0) is 32.7 Å². The zero-order valence-corrected chi connectivity index (χ0v) is 30.8. The molecule has 0 saturated heterocycles. The van der Waals surface area contributed by atoms with Gasteiger partial charge >= 0.3 is 19.8 Å². The van der Waals surface area contributed by atoms with Crippen molar-refractivity contribution in [2.45, 2.75) is 161 Å². The number of hydrogen-bond acceptors (Lipinski definition) is 9. The molecule has 0 aromatic carbocycles. The number of unbranched alkanes of at least 4 members (excludes halogenated alkanes) is 14. The van der Waals surface area contributed by atoms with Crippen LogP contribution < -0.4 is 0 Å². The summed E-state index contributed by atoms with van der Waals surface area (Å²) in [6, 6.07) is 0. The van der Waals surface area contributed by atoms with Crippen molar-refractivity contribution in [3.05, 3.63) is 36.5 Å². The Bertz CT molecular complexity index is 905. The first-order valence-corrected chi connectivity index (χ1v) is 19.9.